The molecule has 0 bridgehead atoms. The van der Waals surface area contributed by atoms with E-state index in [9.17, 15) is 0 Å². The van der Waals surface area contributed by atoms with Gasteiger partial charge in [0.25, 0.3) is 0 Å². The molecule has 7 heteroatoms. The Balaban J connectivity index is 1.40. The van der Waals surface area contributed by atoms with Gasteiger partial charge in [-0.25, -0.2) is 9.50 Å². The van der Waals surface area contributed by atoms with Gasteiger partial charge in [0.2, 0.25) is 10.1 Å². The quantitative estimate of drug-likeness (QED) is 0.725. The predicted octanol–water partition coefficient (Wildman–Crippen LogP) is 2.68. The maximum atomic E-state index is 8.90. The molecule has 0 N–H and O–H groups in total. The Morgan fingerprint density at radius 1 is 1.16 bits per heavy atom. The van der Waals surface area contributed by atoms with Crippen LogP contribution in [-0.2, 0) is 6.54 Å². The molecule has 0 unspecified atom stereocenters. The lowest BCUT2D eigenvalue weighted by atomic mass is 10.1. The highest BCUT2D eigenvalue weighted by Gasteiger charge is 2.19. The van der Waals surface area contributed by atoms with Crippen LogP contribution in [0.25, 0.3) is 4.96 Å². The van der Waals surface area contributed by atoms with Gasteiger partial charge < -0.3 is 4.90 Å². The van der Waals surface area contributed by atoms with Crippen LogP contribution in [0, 0.1) is 18.3 Å². The van der Waals surface area contributed by atoms with E-state index in [-0.39, 0.29) is 0 Å². The third kappa shape index (κ3) is 3.50. The molecule has 6 nitrogen and oxygen atoms in total. The summed E-state index contributed by atoms with van der Waals surface area (Å²) in [4.78, 5) is 10.3. The predicted molar refractivity (Wildman–Crippen MR) is 98.9 cm³/mol. The van der Waals surface area contributed by atoms with Crippen LogP contribution < -0.4 is 4.90 Å². The number of hydrogen-bond donors (Lipinski definition) is 0. The summed E-state index contributed by atoms with van der Waals surface area (Å²) in [5.41, 5.74) is 2.99. The lowest BCUT2D eigenvalue weighted by Gasteiger charge is -2.21. The van der Waals surface area contributed by atoms with Crippen molar-refractivity contribution in [1.82, 2.24) is 19.5 Å². The number of aromatic nitrogens is 3. The van der Waals surface area contributed by atoms with Gasteiger partial charge in [0.05, 0.1) is 23.5 Å². The normalized spacial score (nSPS) is 16.1. The van der Waals surface area contributed by atoms with E-state index in [2.05, 4.69) is 38.1 Å². The van der Waals surface area contributed by atoms with E-state index in [0.29, 0.717) is 0 Å². The lowest BCUT2D eigenvalue weighted by molar-refractivity contribution is 0.285. The van der Waals surface area contributed by atoms with Gasteiger partial charge in [-0.15, -0.1) is 5.10 Å². The highest BCUT2D eigenvalue weighted by Crippen LogP contribution is 2.24. The van der Waals surface area contributed by atoms with Crippen LogP contribution in [0.4, 0.5) is 5.13 Å². The second-order valence-corrected chi connectivity index (χ2v) is 7.35. The van der Waals surface area contributed by atoms with E-state index in [1.807, 2.05) is 29.8 Å². The fourth-order valence-corrected chi connectivity index (χ4v) is 4.17. The molecule has 3 aromatic rings. The first-order valence-corrected chi connectivity index (χ1v) is 9.32. The molecule has 0 amide bonds. The van der Waals surface area contributed by atoms with Crippen molar-refractivity contribution in [2.75, 3.05) is 31.1 Å². The number of imidazole rings is 1. The average molecular weight is 352 g/mol. The Morgan fingerprint density at radius 2 is 2.00 bits per heavy atom. The zero-order valence-corrected chi connectivity index (χ0v) is 15.0. The smallest absolute Gasteiger partial charge is 0.214 e. The summed E-state index contributed by atoms with van der Waals surface area (Å²) in [6.45, 7) is 7.03. The summed E-state index contributed by atoms with van der Waals surface area (Å²) in [5.74, 6) is 0. The van der Waals surface area contributed by atoms with Gasteiger partial charge in [0.1, 0.15) is 0 Å². The minimum absolute atomic E-state index is 0.717. The van der Waals surface area contributed by atoms with Crippen LogP contribution in [0.2, 0.25) is 0 Å². The monoisotopic (exact) mass is 352 g/mol. The van der Waals surface area contributed by atoms with E-state index in [0.717, 1.165) is 60.5 Å². The van der Waals surface area contributed by atoms with Crippen molar-refractivity contribution < 1.29 is 0 Å². The molecule has 0 radical (unpaired) electrons. The molecule has 0 atom stereocenters. The molecule has 1 aromatic carbocycles. The summed E-state index contributed by atoms with van der Waals surface area (Å²) < 4.78 is 1.88. The second-order valence-electron chi connectivity index (χ2n) is 6.42. The molecule has 0 spiro atoms. The number of hydrogen-bond acceptors (Lipinski definition) is 6. The Kier molecular flexibility index (Phi) is 4.38. The fourth-order valence-electron chi connectivity index (χ4n) is 3.19. The highest BCUT2D eigenvalue weighted by molar-refractivity contribution is 7.20. The number of rotatable bonds is 3. The number of anilines is 1. The van der Waals surface area contributed by atoms with Crippen LogP contribution in [0.3, 0.4) is 0 Å². The average Bonchev–Trinajstić information content (AvgIpc) is 3.05. The van der Waals surface area contributed by atoms with Crippen molar-refractivity contribution >= 4 is 21.4 Å². The Labute approximate surface area is 150 Å². The van der Waals surface area contributed by atoms with E-state index < -0.39 is 0 Å². The van der Waals surface area contributed by atoms with Crippen molar-refractivity contribution in [1.29, 1.82) is 5.26 Å². The largest absolute Gasteiger partial charge is 0.345 e. The van der Waals surface area contributed by atoms with Crippen molar-refractivity contribution in [3.05, 3.63) is 47.3 Å². The molecule has 1 aliphatic rings. The maximum absolute atomic E-state index is 8.90. The summed E-state index contributed by atoms with van der Waals surface area (Å²) in [6, 6.07) is 10.1. The van der Waals surface area contributed by atoms with Crippen molar-refractivity contribution in [3.8, 4) is 6.07 Å². The number of aryl methyl sites for hydroxylation is 1. The Hall–Kier alpha value is -2.43. The molecule has 2 aromatic heterocycles. The fraction of sp³-hybridized carbons (Fsp3) is 0.389. The first kappa shape index (κ1) is 16.1. The van der Waals surface area contributed by atoms with Crippen LogP contribution in [0.1, 0.15) is 23.2 Å². The zero-order valence-electron chi connectivity index (χ0n) is 14.2. The number of benzene rings is 1. The third-order valence-corrected chi connectivity index (χ3v) is 5.48. The molecular formula is C18H20N6S. The molecule has 4 rings (SSSR count). The SMILES string of the molecule is Cc1cn2nc(N3CCCN(Cc4ccc(C#N)cc4)CC3)sc2n1. The molecule has 0 saturated carbocycles. The van der Waals surface area contributed by atoms with Gasteiger partial charge in [-0.1, -0.05) is 23.5 Å². The van der Waals surface area contributed by atoms with Crippen LogP contribution in [-0.4, -0.2) is 45.7 Å². The summed E-state index contributed by atoms with van der Waals surface area (Å²) >= 11 is 1.66. The minimum Gasteiger partial charge on any atom is -0.345 e. The van der Waals surface area contributed by atoms with E-state index in [1.54, 1.807) is 11.3 Å². The van der Waals surface area contributed by atoms with E-state index in [4.69, 9.17) is 5.26 Å². The maximum Gasteiger partial charge on any atom is 0.214 e. The molecule has 0 aliphatic carbocycles. The number of fused-ring (bicyclic) bond motifs is 1. The molecule has 128 valence electrons. The van der Waals surface area contributed by atoms with Crippen LogP contribution >= 0.6 is 11.3 Å². The molecule has 25 heavy (non-hydrogen) atoms. The van der Waals surface area contributed by atoms with Gasteiger partial charge >= 0.3 is 0 Å². The van der Waals surface area contributed by atoms with Gasteiger partial charge in [-0.05, 0) is 31.0 Å². The molecule has 3 heterocycles. The zero-order chi connectivity index (χ0) is 17.2. The molecule has 1 aliphatic heterocycles. The standard InChI is InChI=1S/C18H20N6S/c1-14-12-24-17(20-14)25-18(21-24)23-8-2-7-22(9-10-23)13-16-5-3-15(11-19)4-6-16/h3-6,12H,2,7-10,13H2,1H3. The lowest BCUT2D eigenvalue weighted by Crippen LogP contribution is -2.30. The summed E-state index contributed by atoms with van der Waals surface area (Å²) in [5, 5.41) is 14.6. The molecular weight excluding hydrogens is 332 g/mol. The van der Waals surface area contributed by atoms with E-state index >= 15 is 0 Å². The van der Waals surface area contributed by atoms with Gasteiger partial charge in [-0.2, -0.15) is 5.26 Å². The first-order chi connectivity index (χ1) is 12.2. The van der Waals surface area contributed by atoms with E-state index in [1.165, 1.54) is 5.56 Å². The topological polar surface area (TPSA) is 60.5 Å². The molecule has 1 saturated heterocycles. The van der Waals surface area contributed by atoms with Crippen LogP contribution in [0.5, 0.6) is 0 Å². The first-order valence-electron chi connectivity index (χ1n) is 8.50. The van der Waals surface area contributed by atoms with Gasteiger partial charge in [-0.3, -0.25) is 4.90 Å². The number of nitrogens with zero attached hydrogens (tertiary/aromatic N) is 6. The summed E-state index contributed by atoms with van der Waals surface area (Å²) in [6.07, 6.45) is 3.10. The highest BCUT2D eigenvalue weighted by atomic mass is 32.1. The number of nitriles is 1. The van der Waals surface area contributed by atoms with Crippen molar-refractivity contribution in [3.63, 3.8) is 0 Å². The minimum atomic E-state index is 0.717. The van der Waals surface area contributed by atoms with Gasteiger partial charge in [0.15, 0.2) is 0 Å². The van der Waals surface area contributed by atoms with Crippen molar-refractivity contribution in [2.24, 2.45) is 0 Å². The third-order valence-electron chi connectivity index (χ3n) is 4.50. The molecule has 1 fully saturated rings. The second kappa shape index (κ2) is 6.82. The van der Waals surface area contributed by atoms with Crippen LogP contribution in [0.15, 0.2) is 30.5 Å². The van der Waals surface area contributed by atoms with Crippen molar-refractivity contribution in [2.45, 2.75) is 19.9 Å². The summed E-state index contributed by atoms with van der Waals surface area (Å²) in [7, 11) is 0. The Bertz CT molecular complexity index is 872. The van der Waals surface area contributed by atoms with Gasteiger partial charge in [0, 0.05) is 32.7 Å². The Morgan fingerprint density at radius 3 is 2.76 bits per heavy atom.